The van der Waals surface area contributed by atoms with Crippen LogP contribution < -0.4 is 10.6 Å². The minimum atomic E-state index is -0.549. The van der Waals surface area contributed by atoms with Gasteiger partial charge >= 0.3 is 0 Å². The first-order valence-electron chi connectivity index (χ1n) is 9.26. The third-order valence-corrected chi connectivity index (χ3v) is 6.09. The molecular formula is C21H29N3O2S2. The number of nitrogens with one attached hydrogen (secondary N) is 2. The molecule has 1 aromatic carbocycles. The molecule has 2 aromatic rings. The lowest BCUT2D eigenvalue weighted by atomic mass is 10.1. The van der Waals surface area contributed by atoms with E-state index in [9.17, 15) is 9.59 Å². The van der Waals surface area contributed by atoms with E-state index >= 15 is 0 Å². The number of amides is 2. The number of benzene rings is 1. The van der Waals surface area contributed by atoms with Gasteiger partial charge in [-0.15, -0.1) is 11.3 Å². The smallest absolute Gasteiger partial charge is 0.251 e. The van der Waals surface area contributed by atoms with E-state index in [1.165, 1.54) is 4.88 Å². The number of nitrogens with zero attached hydrogens (tertiary/aromatic N) is 1. The molecule has 152 valence electrons. The van der Waals surface area contributed by atoms with Crippen molar-refractivity contribution in [3.05, 3.63) is 57.8 Å². The zero-order valence-corrected chi connectivity index (χ0v) is 18.5. The van der Waals surface area contributed by atoms with Gasteiger partial charge in [0.05, 0.1) is 6.04 Å². The molecule has 1 aromatic heterocycles. The molecule has 0 fully saturated rings. The predicted octanol–water partition coefficient (Wildman–Crippen LogP) is 3.33. The SMILES string of the molecule is CSCCC(NC(=O)c1cccc(C)c1)C(=O)NCC(c1cccs1)N(C)C. The van der Waals surface area contributed by atoms with Gasteiger partial charge in [-0.2, -0.15) is 11.8 Å². The lowest BCUT2D eigenvalue weighted by molar-refractivity contribution is -0.123. The fraction of sp³-hybridized carbons (Fsp3) is 0.429. The van der Waals surface area contributed by atoms with Crippen LogP contribution in [0, 0.1) is 6.92 Å². The Labute approximate surface area is 175 Å². The second-order valence-electron chi connectivity index (χ2n) is 6.92. The van der Waals surface area contributed by atoms with Crippen molar-refractivity contribution in [1.82, 2.24) is 15.5 Å². The van der Waals surface area contributed by atoms with Gasteiger partial charge in [0.15, 0.2) is 0 Å². The van der Waals surface area contributed by atoms with Crippen LogP contribution in [-0.4, -0.2) is 55.4 Å². The Morgan fingerprint density at radius 2 is 2.00 bits per heavy atom. The van der Waals surface area contributed by atoms with Crippen LogP contribution >= 0.6 is 23.1 Å². The number of hydrogen-bond acceptors (Lipinski definition) is 5. The highest BCUT2D eigenvalue weighted by molar-refractivity contribution is 7.98. The van der Waals surface area contributed by atoms with E-state index in [0.29, 0.717) is 18.5 Å². The van der Waals surface area contributed by atoms with E-state index in [1.807, 2.05) is 56.9 Å². The van der Waals surface area contributed by atoms with Crippen LogP contribution in [0.5, 0.6) is 0 Å². The molecule has 0 bridgehead atoms. The molecule has 0 saturated carbocycles. The normalized spacial score (nSPS) is 13.2. The van der Waals surface area contributed by atoms with Crippen molar-refractivity contribution in [2.24, 2.45) is 0 Å². The second-order valence-corrected chi connectivity index (χ2v) is 8.88. The predicted molar refractivity (Wildman–Crippen MR) is 119 cm³/mol. The molecule has 7 heteroatoms. The summed E-state index contributed by atoms with van der Waals surface area (Å²) < 4.78 is 0. The van der Waals surface area contributed by atoms with Crippen molar-refractivity contribution in [1.29, 1.82) is 0 Å². The van der Waals surface area contributed by atoms with E-state index in [1.54, 1.807) is 29.2 Å². The van der Waals surface area contributed by atoms with Crippen LogP contribution in [0.1, 0.15) is 33.3 Å². The topological polar surface area (TPSA) is 61.4 Å². The summed E-state index contributed by atoms with van der Waals surface area (Å²) in [7, 11) is 4.00. The van der Waals surface area contributed by atoms with E-state index in [2.05, 4.69) is 21.6 Å². The Balaban J connectivity index is 2.02. The summed E-state index contributed by atoms with van der Waals surface area (Å²) in [4.78, 5) is 28.7. The van der Waals surface area contributed by atoms with Crippen LogP contribution in [0.25, 0.3) is 0 Å². The molecule has 0 radical (unpaired) electrons. The Hall–Kier alpha value is -1.83. The molecule has 2 rings (SSSR count). The van der Waals surface area contributed by atoms with Gasteiger partial charge in [0.2, 0.25) is 5.91 Å². The van der Waals surface area contributed by atoms with Gasteiger partial charge in [0.25, 0.3) is 5.91 Å². The third-order valence-electron chi connectivity index (χ3n) is 4.48. The first-order valence-corrected chi connectivity index (χ1v) is 11.5. The standard InChI is InChI=1S/C21H29N3O2S2/c1-15-7-5-8-16(13-15)20(25)23-17(10-12-27-4)21(26)22-14-18(24(2)3)19-9-6-11-28-19/h5-9,11,13,17-18H,10,12,14H2,1-4H3,(H,22,26)(H,23,25). The average molecular weight is 420 g/mol. The van der Waals surface area contributed by atoms with Gasteiger partial charge in [0.1, 0.15) is 6.04 Å². The number of hydrogen-bond donors (Lipinski definition) is 2. The quantitative estimate of drug-likeness (QED) is 0.620. The fourth-order valence-corrected chi connectivity index (χ4v) is 4.27. The zero-order chi connectivity index (χ0) is 20.5. The molecule has 5 nitrogen and oxygen atoms in total. The van der Waals surface area contributed by atoms with Crippen LogP contribution in [0.4, 0.5) is 0 Å². The van der Waals surface area contributed by atoms with Crippen LogP contribution in [0.2, 0.25) is 0 Å². The van der Waals surface area contributed by atoms with Gasteiger partial charge in [0, 0.05) is 17.0 Å². The van der Waals surface area contributed by atoms with Crippen LogP contribution in [0.3, 0.4) is 0 Å². The molecule has 0 aliphatic carbocycles. The lowest BCUT2D eigenvalue weighted by Crippen LogP contribution is -2.48. The van der Waals surface area contributed by atoms with Crippen molar-refractivity contribution in [2.45, 2.75) is 25.4 Å². The minimum Gasteiger partial charge on any atom is -0.352 e. The van der Waals surface area contributed by atoms with Crippen molar-refractivity contribution in [2.75, 3.05) is 32.6 Å². The second kappa shape index (κ2) is 11.2. The molecule has 2 atom stereocenters. The molecule has 0 saturated heterocycles. The summed E-state index contributed by atoms with van der Waals surface area (Å²) in [6.07, 6.45) is 2.59. The van der Waals surface area contributed by atoms with Gasteiger partial charge < -0.3 is 15.5 Å². The summed E-state index contributed by atoms with van der Waals surface area (Å²) in [6.45, 7) is 2.45. The Morgan fingerprint density at radius 1 is 1.21 bits per heavy atom. The highest BCUT2D eigenvalue weighted by atomic mass is 32.2. The van der Waals surface area contributed by atoms with E-state index in [0.717, 1.165) is 11.3 Å². The van der Waals surface area contributed by atoms with E-state index in [4.69, 9.17) is 0 Å². The molecule has 0 aliphatic rings. The zero-order valence-electron chi connectivity index (χ0n) is 16.9. The summed E-state index contributed by atoms with van der Waals surface area (Å²) in [5.41, 5.74) is 1.59. The largest absolute Gasteiger partial charge is 0.352 e. The van der Waals surface area contributed by atoms with Gasteiger partial charge in [-0.05, 0) is 63.0 Å². The average Bonchev–Trinajstić information content (AvgIpc) is 3.19. The van der Waals surface area contributed by atoms with Gasteiger partial charge in [-0.25, -0.2) is 0 Å². The molecular weight excluding hydrogens is 390 g/mol. The number of rotatable bonds is 10. The summed E-state index contributed by atoms with van der Waals surface area (Å²) in [5, 5.41) is 7.98. The molecule has 0 aliphatic heterocycles. The lowest BCUT2D eigenvalue weighted by Gasteiger charge is -2.25. The van der Waals surface area contributed by atoms with Crippen LogP contribution in [-0.2, 0) is 4.79 Å². The monoisotopic (exact) mass is 419 g/mol. The van der Waals surface area contributed by atoms with E-state index < -0.39 is 6.04 Å². The Morgan fingerprint density at radius 3 is 2.61 bits per heavy atom. The third kappa shape index (κ3) is 6.65. The molecule has 0 spiro atoms. The van der Waals surface area contributed by atoms with E-state index in [-0.39, 0.29) is 17.9 Å². The summed E-state index contributed by atoms with van der Waals surface area (Å²) in [6, 6.07) is 11.0. The van der Waals surface area contributed by atoms with Crippen molar-refractivity contribution >= 4 is 34.9 Å². The first-order chi connectivity index (χ1) is 13.4. The molecule has 1 heterocycles. The van der Waals surface area contributed by atoms with Crippen LogP contribution in [0.15, 0.2) is 41.8 Å². The molecule has 2 amide bonds. The number of thiophene rings is 1. The number of carbonyl (C=O) groups excluding carboxylic acids is 2. The number of thioether (sulfide) groups is 1. The molecule has 2 N–H and O–H groups in total. The van der Waals surface area contributed by atoms with Crippen molar-refractivity contribution in [3.63, 3.8) is 0 Å². The van der Waals surface area contributed by atoms with Crippen molar-refractivity contribution in [3.8, 4) is 0 Å². The van der Waals surface area contributed by atoms with Gasteiger partial charge in [-0.1, -0.05) is 23.8 Å². The molecule has 2 unspecified atom stereocenters. The Bertz CT molecular complexity index is 763. The van der Waals surface area contributed by atoms with Gasteiger partial charge in [-0.3, -0.25) is 9.59 Å². The highest BCUT2D eigenvalue weighted by Gasteiger charge is 2.23. The fourth-order valence-electron chi connectivity index (χ4n) is 2.87. The number of aryl methyl sites for hydroxylation is 1. The minimum absolute atomic E-state index is 0.109. The maximum atomic E-state index is 12.8. The Kier molecular flexibility index (Phi) is 9.02. The maximum Gasteiger partial charge on any atom is 0.251 e. The number of carbonyl (C=O) groups is 2. The van der Waals surface area contributed by atoms with Crippen molar-refractivity contribution < 1.29 is 9.59 Å². The number of likely N-dealkylation sites (N-methyl/N-ethyl adjacent to an activating group) is 1. The maximum absolute atomic E-state index is 12.8. The molecule has 28 heavy (non-hydrogen) atoms. The summed E-state index contributed by atoms with van der Waals surface area (Å²) in [5.74, 6) is 0.444. The summed E-state index contributed by atoms with van der Waals surface area (Å²) >= 11 is 3.34. The first kappa shape index (κ1) is 22.5. The highest BCUT2D eigenvalue weighted by Crippen LogP contribution is 2.22.